The molecule has 4 nitrogen and oxygen atoms in total. The molecule has 4 heteroatoms. The second-order valence-corrected chi connectivity index (χ2v) is 5.08. The third kappa shape index (κ3) is 4.91. The zero-order valence-corrected chi connectivity index (χ0v) is 11.4. The molecule has 0 bridgehead atoms. The van der Waals surface area contributed by atoms with Crippen LogP contribution < -0.4 is 15.4 Å². The fraction of sp³-hybridized carbons (Fsp3) is 0.533. The van der Waals surface area contributed by atoms with Crippen molar-refractivity contribution in [1.82, 2.24) is 10.6 Å². The maximum absolute atomic E-state index is 11.7. The molecule has 1 aliphatic rings. The van der Waals surface area contributed by atoms with Crippen LogP contribution in [0.25, 0.3) is 0 Å². The summed E-state index contributed by atoms with van der Waals surface area (Å²) in [6, 6.07) is 7.92. The van der Waals surface area contributed by atoms with Gasteiger partial charge in [0.25, 0.3) is 0 Å². The van der Waals surface area contributed by atoms with Crippen molar-refractivity contribution in [2.45, 2.75) is 19.8 Å². The average molecular weight is 262 g/mol. The van der Waals surface area contributed by atoms with Gasteiger partial charge in [0.1, 0.15) is 12.4 Å². The molecule has 1 heterocycles. The van der Waals surface area contributed by atoms with Gasteiger partial charge < -0.3 is 15.4 Å². The van der Waals surface area contributed by atoms with E-state index in [9.17, 15) is 4.79 Å². The number of carbonyl (C=O) groups is 1. The van der Waals surface area contributed by atoms with Gasteiger partial charge in [0.15, 0.2) is 0 Å². The maximum atomic E-state index is 11.7. The molecule has 1 aromatic carbocycles. The molecule has 19 heavy (non-hydrogen) atoms. The van der Waals surface area contributed by atoms with Crippen LogP contribution in [0, 0.1) is 12.8 Å². The molecule has 1 saturated heterocycles. The molecule has 104 valence electrons. The Labute approximate surface area is 114 Å². The molecule has 0 radical (unpaired) electrons. The number of hydrogen-bond donors (Lipinski definition) is 2. The molecule has 1 unspecified atom stereocenters. The summed E-state index contributed by atoms with van der Waals surface area (Å²) in [6.07, 6.45) is 1.73. The summed E-state index contributed by atoms with van der Waals surface area (Å²) in [5.74, 6) is 1.48. The van der Waals surface area contributed by atoms with Crippen LogP contribution in [0.1, 0.15) is 18.4 Å². The van der Waals surface area contributed by atoms with Gasteiger partial charge >= 0.3 is 0 Å². The maximum Gasteiger partial charge on any atom is 0.220 e. The SMILES string of the molecule is Cc1cccc(OCCNC(=O)CC2CCNC2)c1. The number of carbonyl (C=O) groups excluding carboxylic acids is 1. The Morgan fingerprint density at radius 2 is 2.42 bits per heavy atom. The topological polar surface area (TPSA) is 50.4 Å². The lowest BCUT2D eigenvalue weighted by atomic mass is 10.0. The van der Waals surface area contributed by atoms with E-state index in [0.29, 0.717) is 25.5 Å². The molecule has 2 rings (SSSR count). The van der Waals surface area contributed by atoms with Crippen LogP contribution >= 0.6 is 0 Å². The summed E-state index contributed by atoms with van der Waals surface area (Å²) in [4.78, 5) is 11.7. The number of nitrogens with one attached hydrogen (secondary N) is 2. The predicted octanol–water partition coefficient (Wildman–Crippen LogP) is 1.49. The van der Waals surface area contributed by atoms with Crippen molar-refractivity contribution in [3.8, 4) is 5.75 Å². The van der Waals surface area contributed by atoms with E-state index in [1.807, 2.05) is 31.2 Å². The average Bonchev–Trinajstić information content (AvgIpc) is 2.87. The highest BCUT2D eigenvalue weighted by molar-refractivity contribution is 5.76. The van der Waals surface area contributed by atoms with Crippen molar-refractivity contribution in [3.63, 3.8) is 0 Å². The van der Waals surface area contributed by atoms with Crippen molar-refractivity contribution >= 4 is 5.91 Å². The van der Waals surface area contributed by atoms with E-state index in [-0.39, 0.29) is 5.91 Å². The Balaban J connectivity index is 1.59. The summed E-state index contributed by atoms with van der Waals surface area (Å²) >= 11 is 0. The molecule has 1 amide bonds. The highest BCUT2D eigenvalue weighted by Gasteiger charge is 2.17. The number of benzene rings is 1. The van der Waals surface area contributed by atoms with Gasteiger partial charge in [-0.2, -0.15) is 0 Å². The highest BCUT2D eigenvalue weighted by atomic mass is 16.5. The molecule has 1 atom stereocenters. The van der Waals surface area contributed by atoms with Gasteiger partial charge in [0.05, 0.1) is 6.54 Å². The predicted molar refractivity (Wildman–Crippen MR) is 75.3 cm³/mol. The second kappa shape index (κ2) is 7.14. The van der Waals surface area contributed by atoms with Gasteiger partial charge in [-0.3, -0.25) is 4.79 Å². The Kier molecular flexibility index (Phi) is 5.21. The van der Waals surface area contributed by atoms with Crippen LogP contribution in [0.5, 0.6) is 5.75 Å². The third-order valence-electron chi connectivity index (χ3n) is 3.32. The van der Waals surface area contributed by atoms with Gasteiger partial charge in [-0.25, -0.2) is 0 Å². The fourth-order valence-electron chi connectivity index (χ4n) is 2.29. The normalized spacial score (nSPS) is 18.3. The summed E-state index contributed by atoms with van der Waals surface area (Å²) in [5.41, 5.74) is 1.18. The summed E-state index contributed by atoms with van der Waals surface area (Å²) in [6.45, 7) is 5.11. The second-order valence-electron chi connectivity index (χ2n) is 5.08. The van der Waals surface area contributed by atoms with E-state index in [2.05, 4.69) is 10.6 Å². The van der Waals surface area contributed by atoms with E-state index in [0.717, 1.165) is 25.3 Å². The first-order valence-electron chi connectivity index (χ1n) is 6.91. The van der Waals surface area contributed by atoms with Crippen LogP contribution in [0.4, 0.5) is 0 Å². The van der Waals surface area contributed by atoms with Gasteiger partial charge in [0, 0.05) is 6.42 Å². The molecular weight excluding hydrogens is 240 g/mol. The summed E-state index contributed by atoms with van der Waals surface area (Å²) in [5, 5.41) is 6.17. The van der Waals surface area contributed by atoms with Gasteiger partial charge in [-0.15, -0.1) is 0 Å². The first-order valence-corrected chi connectivity index (χ1v) is 6.91. The van der Waals surface area contributed by atoms with Crippen LogP contribution in [0.15, 0.2) is 24.3 Å². The van der Waals surface area contributed by atoms with Gasteiger partial charge in [0.2, 0.25) is 5.91 Å². The van der Waals surface area contributed by atoms with Crippen molar-refractivity contribution in [1.29, 1.82) is 0 Å². The van der Waals surface area contributed by atoms with E-state index in [1.165, 1.54) is 5.56 Å². The van der Waals surface area contributed by atoms with E-state index in [1.54, 1.807) is 0 Å². The number of hydrogen-bond acceptors (Lipinski definition) is 3. The molecule has 2 N–H and O–H groups in total. The van der Waals surface area contributed by atoms with Crippen molar-refractivity contribution in [2.24, 2.45) is 5.92 Å². The lowest BCUT2D eigenvalue weighted by Crippen LogP contribution is -2.30. The van der Waals surface area contributed by atoms with E-state index >= 15 is 0 Å². The molecule has 0 aromatic heterocycles. The van der Waals surface area contributed by atoms with Crippen LogP contribution in [-0.4, -0.2) is 32.1 Å². The minimum atomic E-state index is 0.126. The molecule has 0 spiro atoms. The molecule has 1 aliphatic heterocycles. The van der Waals surface area contributed by atoms with Crippen LogP contribution in [0.3, 0.4) is 0 Å². The molecule has 0 saturated carbocycles. The largest absolute Gasteiger partial charge is 0.492 e. The Bertz CT molecular complexity index is 414. The van der Waals surface area contributed by atoms with Crippen LogP contribution in [0.2, 0.25) is 0 Å². The van der Waals surface area contributed by atoms with E-state index in [4.69, 9.17) is 4.74 Å². The lowest BCUT2D eigenvalue weighted by molar-refractivity contribution is -0.122. The minimum Gasteiger partial charge on any atom is -0.492 e. The molecule has 1 aromatic rings. The lowest BCUT2D eigenvalue weighted by Gasteiger charge is -2.10. The molecule has 1 fully saturated rings. The van der Waals surface area contributed by atoms with Gasteiger partial charge in [-0.1, -0.05) is 12.1 Å². The Hall–Kier alpha value is -1.55. The zero-order valence-electron chi connectivity index (χ0n) is 11.4. The summed E-state index contributed by atoms with van der Waals surface area (Å²) < 4.78 is 5.58. The standard InChI is InChI=1S/C15H22N2O2/c1-12-3-2-4-14(9-12)19-8-7-17-15(18)10-13-5-6-16-11-13/h2-4,9,13,16H,5-8,10-11H2,1H3,(H,17,18). The minimum absolute atomic E-state index is 0.126. The smallest absolute Gasteiger partial charge is 0.220 e. The number of ether oxygens (including phenoxy) is 1. The van der Waals surface area contributed by atoms with Crippen molar-refractivity contribution in [2.75, 3.05) is 26.2 Å². The summed E-state index contributed by atoms with van der Waals surface area (Å²) in [7, 11) is 0. The first kappa shape index (κ1) is 13.9. The Morgan fingerprint density at radius 3 is 3.16 bits per heavy atom. The van der Waals surface area contributed by atoms with E-state index < -0.39 is 0 Å². The number of amides is 1. The zero-order chi connectivity index (χ0) is 13.5. The van der Waals surface area contributed by atoms with Crippen molar-refractivity contribution < 1.29 is 9.53 Å². The first-order chi connectivity index (χ1) is 9.24. The van der Waals surface area contributed by atoms with Crippen molar-refractivity contribution in [3.05, 3.63) is 29.8 Å². The number of aryl methyl sites for hydroxylation is 1. The quantitative estimate of drug-likeness (QED) is 0.764. The van der Waals surface area contributed by atoms with Crippen LogP contribution in [-0.2, 0) is 4.79 Å². The third-order valence-corrected chi connectivity index (χ3v) is 3.32. The molecular formula is C15H22N2O2. The fourth-order valence-corrected chi connectivity index (χ4v) is 2.29. The Morgan fingerprint density at radius 1 is 1.53 bits per heavy atom. The van der Waals surface area contributed by atoms with Gasteiger partial charge in [-0.05, 0) is 50.0 Å². The molecule has 0 aliphatic carbocycles. The highest BCUT2D eigenvalue weighted by Crippen LogP contribution is 2.12. The monoisotopic (exact) mass is 262 g/mol. The number of rotatable bonds is 6.